The Labute approximate surface area is 195 Å². The molecule has 4 aromatic rings. The maximum Gasteiger partial charge on any atom is 0.308 e. The van der Waals surface area contributed by atoms with E-state index in [1.165, 1.54) is 12.1 Å². The molecule has 0 amide bonds. The minimum absolute atomic E-state index is 0.0997. The van der Waals surface area contributed by atoms with Crippen molar-refractivity contribution in [1.29, 1.82) is 0 Å². The summed E-state index contributed by atoms with van der Waals surface area (Å²) in [5.74, 6) is 0.671. The van der Waals surface area contributed by atoms with E-state index in [4.69, 9.17) is 16.3 Å². The first kappa shape index (κ1) is 22.5. The second-order valence-corrected chi connectivity index (χ2v) is 10.4. The van der Waals surface area contributed by atoms with Crippen molar-refractivity contribution in [3.05, 3.63) is 93.0 Å². The van der Waals surface area contributed by atoms with Gasteiger partial charge in [-0.05, 0) is 48.9 Å². The molecule has 0 bridgehead atoms. The van der Waals surface area contributed by atoms with Gasteiger partial charge in [0.1, 0.15) is 12.4 Å². The Hall–Kier alpha value is -2.65. The van der Waals surface area contributed by atoms with Crippen LogP contribution in [0, 0.1) is 0 Å². The van der Waals surface area contributed by atoms with Crippen LogP contribution in [0.15, 0.2) is 82.5 Å². The third-order valence-corrected chi connectivity index (χ3v) is 7.73. The molecule has 0 saturated carbocycles. The molecule has 0 fully saturated rings. The van der Waals surface area contributed by atoms with Crippen molar-refractivity contribution in [1.82, 2.24) is 9.29 Å². The Bertz CT molecular complexity index is 1400. The van der Waals surface area contributed by atoms with Crippen LogP contribution in [-0.4, -0.2) is 25.6 Å². The summed E-state index contributed by atoms with van der Waals surface area (Å²) in [5, 5.41) is 0.578. The Kier molecular flexibility index (Phi) is 6.66. The zero-order valence-electron chi connectivity index (χ0n) is 17.2. The van der Waals surface area contributed by atoms with Crippen molar-refractivity contribution in [2.75, 3.05) is 6.61 Å². The van der Waals surface area contributed by atoms with Crippen LogP contribution in [0.5, 0.6) is 5.75 Å². The first-order valence-corrected chi connectivity index (χ1v) is 12.6. The fourth-order valence-electron chi connectivity index (χ4n) is 3.27. The van der Waals surface area contributed by atoms with Crippen LogP contribution in [-0.2, 0) is 16.6 Å². The smallest absolute Gasteiger partial charge is 0.308 e. The predicted octanol–water partition coefficient (Wildman–Crippen LogP) is 4.51. The van der Waals surface area contributed by atoms with Gasteiger partial charge in [0.15, 0.2) is 0 Å². The first-order chi connectivity index (χ1) is 15.3. The molecule has 0 radical (unpaired) electrons. The summed E-state index contributed by atoms with van der Waals surface area (Å²) in [7, 11) is -3.78. The van der Waals surface area contributed by atoms with Gasteiger partial charge in [0.05, 0.1) is 27.7 Å². The van der Waals surface area contributed by atoms with E-state index < -0.39 is 16.1 Å². The summed E-state index contributed by atoms with van der Waals surface area (Å²) >= 11 is 7.24. The minimum atomic E-state index is -3.78. The number of fused-ring (bicyclic) bond motifs is 1. The molecule has 0 aliphatic carbocycles. The maximum atomic E-state index is 12.9. The van der Waals surface area contributed by atoms with E-state index >= 15 is 0 Å². The number of sulfonamides is 1. The highest BCUT2D eigenvalue weighted by Gasteiger charge is 2.20. The molecule has 0 aliphatic rings. The van der Waals surface area contributed by atoms with Gasteiger partial charge in [-0.25, -0.2) is 13.1 Å². The number of nitrogens with one attached hydrogen (secondary N) is 1. The molecule has 9 heteroatoms. The van der Waals surface area contributed by atoms with Gasteiger partial charge >= 0.3 is 4.87 Å². The van der Waals surface area contributed by atoms with Crippen LogP contribution in [0.4, 0.5) is 0 Å². The molecule has 1 heterocycles. The van der Waals surface area contributed by atoms with Gasteiger partial charge in [0.25, 0.3) is 0 Å². The van der Waals surface area contributed by atoms with Gasteiger partial charge in [0.2, 0.25) is 10.0 Å². The van der Waals surface area contributed by atoms with E-state index in [0.29, 0.717) is 27.5 Å². The van der Waals surface area contributed by atoms with Gasteiger partial charge in [0, 0.05) is 5.02 Å². The summed E-state index contributed by atoms with van der Waals surface area (Å²) in [4.78, 5) is 12.5. The van der Waals surface area contributed by atoms with Gasteiger partial charge < -0.3 is 4.74 Å². The monoisotopic (exact) mass is 488 g/mol. The van der Waals surface area contributed by atoms with Gasteiger partial charge in [-0.3, -0.25) is 9.36 Å². The van der Waals surface area contributed by atoms with E-state index in [1.54, 1.807) is 23.6 Å². The first-order valence-electron chi connectivity index (χ1n) is 9.90. The quantitative estimate of drug-likeness (QED) is 0.396. The van der Waals surface area contributed by atoms with Crippen molar-refractivity contribution in [3.8, 4) is 5.75 Å². The van der Waals surface area contributed by atoms with Crippen molar-refractivity contribution in [2.24, 2.45) is 0 Å². The number of rotatable bonds is 8. The fourth-order valence-corrected chi connectivity index (χ4v) is 5.72. The Morgan fingerprint density at radius 1 is 1.06 bits per heavy atom. The number of halogens is 1. The third-order valence-electron chi connectivity index (χ3n) is 4.84. The molecule has 0 aliphatic heterocycles. The summed E-state index contributed by atoms with van der Waals surface area (Å²) in [6.45, 7) is 2.24. The summed E-state index contributed by atoms with van der Waals surface area (Å²) in [5.41, 5.74) is 1.49. The highest BCUT2D eigenvalue weighted by molar-refractivity contribution is 7.89. The molecule has 4 rings (SSSR count). The molecular weight excluding hydrogens is 468 g/mol. The van der Waals surface area contributed by atoms with Crippen molar-refractivity contribution in [2.45, 2.75) is 24.4 Å². The standard InChI is InChI=1S/C23H21ClN2O4S2/c1-16(15-30-18-8-3-2-4-9-18)25-32(28,29)19-11-12-21-22(13-19)31-23(27)26(21)14-17-7-5-6-10-20(17)24/h2-13,16,25H,14-15H2,1H3. The summed E-state index contributed by atoms with van der Waals surface area (Å²) in [6, 6.07) is 20.8. The predicted molar refractivity (Wildman–Crippen MR) is 128 cm³/mol. The average molecular weight is 489 g/mol. The lowest BCUT2D eigenvalue weighted by Crippen LogP contribution is -2.36. The zero-order valence-corrected chi connectivity index (χ0v) is 19.6. The number of benzene rings is 3. The second-order valence-electron chi connectivity index (χ2n) is 7.32. The van der Waals surface area contributed by atoms with Crippen LogP contribution in [0.1, 0.15) is 12.5 Å². The van der Waals surface area contributed by atoms with Crippen LogP contribution in [0.25, 0.3) is 10.2 Å². The highest BCUT2D eigenvalue weighted by atomic mass is 35.5. The highest BCUT2D eigenvalue weighted by Crippen LogP contribution is 2.24. The Morgan fingerprint density at radius 2 is 1.78 bits per heavy atom. The maximum absolute atomic E-state index is 12.9. The molecule has 166 valence electrons. The fraction of sp³-hybridized carbons (Fsp3) is 0.174. The second kappa shape index (κ2) is 9.46. The molecule has 1 N–H and O–H groups in total. The number of hydrogen-bond acceptors (Lipinski definition) is 5. The molecule has 1 aromatic heterocycles. The van der Waals surface area contributed by atoms with Crippen molar-refractivity contribution in [3.63, 3.8) is 0 Å². The average Bonchev–Trinajstić information content (AvgIpc) is 3.08. The summed E-state index contributed by atoms with van der Waals surface area (Å²) in [6.07, 6.45) is 0. The van der Waals surface area contributed by atoms with Crippen LogP contribution in [0.2, 0.25) is 5.02 Å². The lowest BCUT2D eigenvalue weighted by atomic mass is 10.2. The van der Waals surface area contributed by atoms with Gasteiger partial charge in [-0.15, -0.1) is 0 Å². The largest absolute Gasteiger partial charge is 0.492 e. The van der Waals surface area contributed by atoms with E-state index in [1.807, 2.05) is 48.5 Å². The van der Waals surface area contributed by atoms with Gasteiger partial charge in [-0.2, -0.15) is 0 Å². The normalized spacial score (nSPS) is 12.7. The van der Waals surface area contributed by atoms with E-state index in [-0.39, 0.29) is 16.4 Å². The molecule has 1 atom stereocenters. The van der Waals surface area contributed by atoms with E-state index in [0.717, 1.165) is 16.9 Å². The molecular formula is C23H21ClN2O4S2. The number of thiazole rings is 1. The van der Waals surface area contributed by atoms with Crippen LogP contribution in [0.3, 0.4) is 0 Å². The molecule has 0 spiro atoms. The van der Waals surface area contributed by atoms with E-state index in [2.05, 4.69) is 4.72 Å². The van der Waals surface area contributed by atoms with Gasteiger partial charge in [-0.1, -0.05) is 59.3 Å². The zero-order chi connectivity index (χ0) is 22.7. The van der Waals surface area contributed by atoms with E-state index in [9.17, 15) is 13.2 Å². The van der Waals surface area contributed by atoms with Crippen molar-refractivity contribution >= 4 is 43.2 Å². The number of para-hydroxylation sites is 1. The Morgan fingerprint density at radius 3 is 2.53 bits per heavy atom. The summed E-state index contributed by atoms with van der Waals surface area (Å²) < 4.78 is 36.2. The van der Waals surface area contributed by atoms with Crippen LogP contribution >= 0.6 is 22.9 Å². The van der Waals surface area contributed by atoms with Crippen LogP contribution < -0.4 is 14.3 Å². The Balaban J connectivity index is 1.53. The number of ether oxygens (including phenoxy) is 1. The van der Waals surface area contributed by atoms with Crippen molar-refractivity contribution < 1.29 is 13.2 Å². The molecule has 0 saturated heterocycles. The number of aromatic nitrogens is 1. The third kappa shape index (κ3) is 5.05. The SMILES string of the molecule is CC(COc1ccccc1)NS(=O)(=O)c1ccc2c(c1)sc(=O)n2Cc1ccccc1Cl. The molecule has 6 nitrogen and oxygen atoms in total. The lowest BCUT2D eigenvalue weighted by Gasteiger charge is -2.15. The molecule has 1 unspecified atom stereocenters. The number of nitrogens with zero attached hydrogens (tertiary/aromatic N) is 1. The molecule has 32 heavy (non-hydrogen) atoms. The number of hydrogen-bond donors (Lipinski definition) is 1. The minimum Gasteiger partial charge on any atom is -0.492 e. The molecule has 3 aromatic carbocycles. The topological polar surface area (TPSA) is 77.4 Å². The lowest BCUT2D eigenvalue weighted by molar-refractivity contribution is 0.287.